The van der Waals surface area contributed by atoms with Crippen LogP contribution in [0.5, 0.6) is 0 Å². The van der Waals surface area contributed by atoms with Crippen molar-refractivity contribution in [3.63, 3.8) is 0 Å². The second-order valence-electron chi connectivity index (χ2n) is 9.97. The van der Waals surface area contributed by atoms with Gasteiger partial charge in [0.1, 0.15) is 24.1 Å². The number of carboxylic acids is 1. The number of hydrogen-bond donors (Lipinski definition) is 5. The normalized spacial score (nSPS) is 24.2. The lowest BCUT2D eigenvalue weighted by atomic mass is 9.92. The highest BCUT2D eigenvalue weighted by atomic mass is 19.4. The third kappa shape index (κ3) is 7.44. The van der Waals surface area contributed by atoms with Crippen molar-refractivity contribution in [2.45, 2.75) is 69.2 Å². The molecule has 1 aromatic carbocycles. The average molecular weight is 643 g/mol. The number of rotatable bonds is 8. The van der Waals surface area contributed by atoms with Gasteiger partial charge >= 0.3 is 18.1 Å². The van der Waals surface area contributed by atoms with Crippen LogP contribution in [0.4, 0.5) is 26.3 Å². The fourth-order valence-corrected chi connectivity index (χ4v) is 4.77. The number of ether oxygens (including phenoxy) is 2. The van der Waals surface area contributed by atoms with Gasteiger partial charge in [-0.15, -0.1) is 10.2 Å². The van der Waals surface area contributed by atoms with Crippen molar-refractivity contribution in [2.24, 2.45) is 5.92 Å². The maximum atomic E-state index is 14.4. The van der Waals surface area contributed by atoms with Gasteiger partial charge in [0.15, 0.2) is 23.6 Å². The van der Waals surface area contributed by atoms with Gasteiger partial charge < -0.3 is 45.5 Å². The Balaban J connectivity index is 0.00000529. The van der Waals surface area contributed by atoms with E-state index < -0.39 is 115 Å². The van der Waals surface area contributed by atoms with E-state index in [4.69, 9.17) is 14.6 Å². The first-order chi connectivity index (χ1) is 20.1. The number of halogens is 6. The lowest BCUT2D eigenvalue weighted by Crippen LogP contribution is -2.60. The molecule has 4 rings (SSSR count). The summed E-state index contributed by atoms with van der Waals surface area (Å²) in [5.41, 5.74) is -0.434. The highest BCUT2D eigenvalue weighted by molar-refractivity contribution is 5.78. The fraction of sp³-hybridized carbons (Fsp3) is 0.542. The van der Waals surface area contributed by atoms with Gasteiger partial charge in [-0.25, -0.2) is 18.0 Å². The zero-order valence-corrected chi connectivity index (χ0v) is 22.5. The first kappa shape index (κ1) is 34.6. The number of esters is 1. The number of fused-ring (bicyclic) bond motifs is 1. The fourth-order valence-electron chi connectivity index (χ4n) is 4.77. The number of aromatic nitrogens is 3. The maximum Gasteiger partial charge on any atom is 0.451 e. The van der Waals surface area contributed by atoms with E-state index in [0.29, 0.717) is 6.07 Å². The number of alkyl halides is 3. The molecule has 3 heterocycles. The van der Waals surface area contributed by atoms with Crippen LogP contribution in [0, 0.1) is 23.4 Å². The Morgan fingerprint density at radius 2 is 1.64 bits per heavy atom. The van der Waals surface area contributed by atoms with Gasteiger partial charge in [0, 0.05) is 32.0 Å². The first-order valence-corrected chi connectivity index (χ1v) is 12.6. The smallest absolute Gasteiger partial charge is 0.451 e. The van der Waals surface area contributed by atoms with Crippen molar-refractivity contribution in [3.8, 4) is 0 Å². The van der Waals surface area contributed by atoms with E-state index in [1.165, 1.54) is 0 Å². The lowest BCUT2D eigenvalue weighted by Gasteiger charge is -2.38. The monoisotopic (exact) mass is 643 g/mol. The van der Waals surface area contributed by atoms with Gasteiger partial charge in [0.25, 0.3) is 0 Å². The second kappa shape index (κ2) is 13.4. The van der Waals surface area contributed by atoms with Crippen molar-refractivity contribution in [1.29, 1.82) is 0 Å². The highest BCUT2D eigenvalue weighted by Crippen LogP contribution is 2.30. The van der Waals surface area contributed by atoms with Crippen molar-refractivity contribution in [1.82, 2.24) is 25.8 Å². The first-order valence-electron chi connectivity index (χ1n) is 12.6. The Hall–Kier alpha value is -3.85. The molecule has 14 nitrogen and oxygen atoms in total. The SMILES string of the molecule is N.O=C(C[C@@H](CC(=O)N1CCn2c(nnc2C(F)(F)F)C1)Cc1cc(F)c(F)cc1F)O[C@@H]1O[C@H](C(=O)O)[C@@H](O)[C@H](O)[C@H]1O. The molecular weight excluding hydrogens is 616 g/mol. The summed E-state index contributed by atoms with van der Waals surface area (Å²) in [6.45, 7) is -0.927. The third-order valence-electron chi connectivity index (χ3n) is 6.94. The predicted molar refractivity (Wildman–Crippen MR) is 129 cm³/mol. The molecule has 1 fully saturated rings. The molecule has 2 aliphatic rings. The molecule has 2 aromatic rings. The van der Waals surface area contributed by atoms with E-state index >= 15 is 0 Å². The minimum atomic E-state index is -4.79. The highest BCUT2D eigenvalue weighted by Gasteiger charge is 2.48. The number of nitrogens with zero attached hydrogens (tertiary/aromatic N) is 4. The summed E-state index contributed by atoms with van der Waals surface area (Å²) < 4.78 is 91.7. The molecule has 0 aliphatic carbocycles. The Morgan fingerprint density at radius 3 is 2.27 bits per heavy atom. The van der Waals surface area contributed by atoms with Crippen LogP contribution >= 0.6 is 0 Å². The van der Waals surface area contributed by atoms with E-state index in [1.54, 1.807) is 0 Å². The minimum Gasteiger partial charge on any atom is -0.479 e. The van der Waals surface area contributed by atoms with Crippen LogP contribution in [-0.2, 0) is 49.5 Å². The number of aliphatic hydroxyl groups excluding tert-OH is 3. The number of aliphatic hydroxyl groups is 3. The van der Waals surface area contributed by atoms with Gasteiger partial charge in [-0.05, 0) is 24.0 Å². The summed E-state index contributed by atoms with van der Waals surface area (Å²) in [7, 11) is 0. The maximum absolute atomic E-state index is 14.4. The summed E-state index contributed by atoms with van der Waals surface area (Å²) >= 11 is 0. The topological polar surface area (TPSA) is 220 Å². The van der Waals surface area contributed by atoms with Crippen LogP contribution in [0.25, 0.3) is 0 Å². The third-order valence-corrected chi connectivity index (χ3v) is 6.94. The molecule has 1 aromatic heterocycles. The number of hydrogen-bond acceptors (Lipinski definition) is 11. The number of benzene rings is 1. The zero-order valence-electron chi connectivity index (χ0n) is 22.5. The largest absolute Gasteiger partial charge is 0.479 e. The molecule has 1 saturated heterocycles. The van der Waals surface area contributed by atoms with Crippen LogP contribution in [0.15, 0.2) is 12.1 Å². The molecule has 0 unspecified atom stereocenters. The van der Waals surface area contributed by atoms with Gasteiger partial charge in [-0.3, -0.25) is 9.59 Å². The van der Waals surface area contributed by atoms with Gasteiger partial charge in [-0.2, -0.15) is 13.2 Å². The summed E-state index contributed by atoms with van der Waals surface area (Å²) in [5, 5.41) is 45.5. The molecule has 0 spiro atoms. The van der Waals surface area contributed by atoms with Gasteiger partial charge in [0.05, 0.1) is 6.54 Å². The van der Waals surface area contributed by atoms with Gasteiger partial charge in [0.2, 0.25) is 18.0 Å². The quantitative estimate of drug-likeness (QED) is 0.149. The van der Waals surface area contributed by atoms with E-state index in [9.17, 15) is 56.0 Å². The number of carbonyl (C=O) groups excluding carboxylic acids is 2. The Kier molecular flexibility index (Phi) is 10.6. The lowest BCUT2D eigenvalue weighted by molar-refractivity contribution is -0.286. The van der Waals surface area contributed by atoms with Gasteiger partial charge in [-0.1, -0.05) is 0 Å². The zero-order chi connectivity index (χ0) is 31.8. The molecule has 2 aliphatic heterocycles. The van der Waals surface area contributed by atoms with E-state index in [-0.39, 0.29) is 31.1 Å². The molecule has 0 radical (unpaired) electrons. The Morgan fingerprint density at radius 1 is 0.977 bits per heavy atom. The van der Waals surface area contributed by atoms with E-state index in [2.05, 4.69) is 10.2 Å². The number of carboxylic acid groups (broad SMARTS) is 1. The second-order valence-corrected chi connectivity index (χ2v) is 9.97. The molecular formula is C24H27F6N5O9. The van der Waals surface area contributed by atoms with Crippen molar-refractivity contribution >= 4 is 17.8 Å². The predicted octanol–water partition coefficient (Wildman–Crippen LogP) is 0.293. The summed E-state index contributed by atoms with van der Waals surface area (Å²) in [6, 6.07) is 0.765. The van der Waals surface area contributed by atoms with E-state index in [0.717, 1.165) is 9.47 Å². The van der Waals surface area contributed by atoms with Crippen LogP contribution in [-0.4, -0.2) is 95.2 Å². The molecule has 20 heteroatoms. The van der Waals surface area contributed by atoms with Crippen LogP contribution in [0.2, 0.25) is 0 Å². The average Bonchev–Trinajstić information content (AvgIpc) is 3.36. The molecule has 1 amide bonds. The minimum absolute atomic E-state index is 0. The number of carbonyl (C=O) groups is 3. The standard InChI is InChI=1S/C24H24F6N4O9.H3N/c25-11-7-13(27)12(26)6-10(11)3-9(5-16(36)42-22-19(39)17(37)18(38)20(43-22)21(40)41)4-15(35)33-1-2-34-14(8-33)31-32-23(34)24(28,29)30;/h6-7,9,17-20,22,37-39H,1-5,8H2,(H,40,41);1H3/t9-,17+,18+,19-,20+,22-;/m1./s1. The van der Waals surface area contributed by atoms with Crippen molar-refractivity contribution in [2.75, 3.05) is 6.54 Å². The van der Waals surface area contributed by atoms with Crippen LogP contribution in [0.3, 0.4) is 0 Å². The molecule has 244 valence electrons. The summed E-state index contributed by atoms with van der Waals surface area (Å²) in [5.74, 6) is -10.5. The number of amides is 1. The molecule has 44 heavy (non-hydrogen) atoms. The van der Waals surface area contributed by atoms with Crippen LogP contribution < -0.4 is 6.15 Å². The summed E-state index contributed by atoms with van der Waals surface area (Å²) in [4.78, 5) is 38.3. The molecule has 0 saturated carbocycles. The molecule has 7 N–H and O–H groups in total. The van der Waals surface area contributed by atoms with E-state index in [1.807, 2.05) is 0 Å². The number of aliphatic carboxylic acids is 1. The van der Waals surface area contributed by atoms with Crippen LogP contribution in [0.1, 0.15) is 30.1 Å². The van der Waals surface area contributed by atoms with Crippen molar-refractivity contribution < 1.29 is 70.6 Å². The summed E-state index contributed by atoms with van der Waals surface area (Å²) in [6.07, 6.45) is -17.1. The Bertz CT molecular complexity index is 1390. The molecule has 6 atom stereocenters. The molecule has 0 bridgehead atoms. The van der Waals surface area contributed by atoms with Crippen molar-refractivity contribution in [3.05, 3.63) is 46.8 Å². The Labute approximate surface area is 243 Å².